The van der Waals surface area contributed by atoms with E-state index in [0.717, 1.165) is 0 Å². The molecule has 7 heteroatoms. The lowest BCUT2D eigenvalue weighted by molar-refractivity contribution is -0.490. The number of ether oxygens (including phenoxy) is 1. The Bertz CT molecular complexity index is 452. The van der Waals surface area contributed by atoms with Gasteiger partial charge in [-0.25, -0.2) is 10.1 Å². The van der Waals surface area contributed by atoms with Crippen molar-refractivity contribution in [3.05, 3.63) is 40.0 Å². The molecule has 0 unspecified atom stereocenters. The van der Waals surface area contributed by atoms with Gasteiger partial charge in [0, 0.05) is 6.20 Å². The average Bonchev–Trinajstić information content (AvgIpc) is 2.20. The lowest BCUT2D eigenvalue weighted by Gasteiger charge is -2.04. The molecule has 0 aliphatic heterocycles. The molecule has 0 saturated heterocycles. The molecule has 1 aromatic heterocycles. The summed E-state index contributed by atoms with van der Waals surface area (Å²) < 4.78 is 6.08. The Hall–Kier alpha value is -2.18. The molecule has 1 aromatic rings. The first kappa shape index (κ1) is 11.9. The van der Waals surface area contributed by atoms with Crippen LogP contribution in [-0.4, -0.2) is 22.2 Å². The van der Waals surface area contributed by atoms with Crippen LogP contribution in [0.5, 0.6) is 0 Å². The third-order valence-corrected chi connectivity index (χ3v) is 1.71. The van der Waals surface area contributed by atoms with E-state index in [1.54, 1.807) is 19.1 Å². The minimum absolute atomic E-state index is 0.0959. The fourth-order valence-electron chi connectivity index (χ4n) is 1.12. The quantitative estimate of drug-likeness (QED) is 0.414. The largest absolute Gasteiger partial charge is 0.465 e. The van der Waals surface area contributed by atoms with Crippen LogP contribution in [-0.2, 0) is 16.1 Å². The lowest BCUT2D eigenvalue weighted by atomic mass is 10.4. The second kappa shape index (κ2) is 5.64. The number of aromatic nitrogens is 1. The van der Waals surface area contributed by atoms with Crippen LogP contribution >= 0.6 is 0 Å². The maximum atomic E-state index is 11.2. The molecule has 86 valence electrons. The van der Waals surface area contributed by atoms with Crippen molar-refractivity contribution >= 4 is 5.97 Å². The van der Waals surface area contributed by atoms with E-state index in [0.29, 0.717) is 0 Å². The summed E-state index contributed by atoms with van der Waals surface area (Å²) in [6.45, 7) is 1.87. The second-order valence-corrected chi connectivity index (χ2v) is 2.83. The number of carbonyl (C=O) groups is 1. The van der Waals surface area contributed by atoms with Gasteiger partial charge in [-0.2, -0.15) is 0 Å². The molecule has 0 N–H and O–H groups in total. The van der Waals surface area contributed by atoms with Gasteiger partial charge in [0.2, 0.25) is 5.49 Å². The van der Waals surface area contributed by atoms with Crippen LogP contribution in [0.4, 0.5) is 0 Å². The maximum Gasteiger partial charge on any atom is 0.326 e. The van der Waals surface area contributed by atoms with E-state index in [4.69, 9.17) is 4.74 Å². The van der Waals surface area contributed by atoms with E-state index in [9.17, 15) is 14.9 Å². The van der Waals surface area contributed by atoms with Crippen molar-refractivity contribution in [1.82, 2.24) is 4.57 Å². The van der Waals surface area contributed by atoms with Crippen LogP contribution in [0.2, 0.25) is 0 Å². The number of hydrogen-bond donors (Lipinski definition) is 0. The van der Waals surface area contributed by atoms with Gasteiger partial charge in [0.1, 0.15) is 6.54 Å². The Morgan fingerprint density at radius 2 is 2.38 bits per heavy atom. The molecule has 0 fully saturated rings. The summed E-state index contributed by atoms with van der Waals surface area (Å²) in [5.41, 5.74) is 0.0977. The molecule has 1 heterocycles. The molecule has 0 aliphatic rings. The number of nitro groups is 1. The summed E-state index contributed by atoms with van der Waals surface area (Å²) in [5.74, 6) is -0.460. The highest BCUT2D eigenvalue weighted by Crippen LogP contribution is 1.86. The Morgan fingerprint density at radius 3 is 3.00 bits per heavy atom. The van der Waals surface area contributed by atoms with E-state index >= 15 is 0 Å². The van der Waals surface area contributed by atoms with Crippen molar-refractivity contribution in [3.8, 4) is 0 Å². The number of rotatable bonds is 4. The summed E-state index contributed by atoms with van der Waals surface area (Å²) >= 11 is 0. The smallest absolute Gasteiger partial charge is 0.326 e. The van der Waals surface area contributed by atoms with Crippen molar-refractivity contribution in [2.45, 2.75) is 13.5 Å². The summed E-state index contributed by atoms with van der Waals surface area (Å²) in [6, 6.07) is 4.70. The van der Waals surface area contributed by atoms with Crippen LogP contribution < -0.4 is 5.49 Å². The maximum absolute atomic E-state index is 11.2. The third kappa shape index (κ3) is 3.52. The first-order valence-electron chi connectivity index (χ1n) is 4.63. The predicted octanol–water partition coefficient (Wildman–Crippen LogP) is 0.144. The average molecular weight is 225 g/mol. The number of esters is 1. The highest BCUT2D eigenvalue weighted by molar-refractivity contribution is 5.69. The zero-order chi connectivity index (χ0) is 12.0. The molecule has 7 nitrogen and oxygen atoms in total. The molecule has 16 heavy (non-hydrogen) atoms. The van der Waals surface area contributed by atoms with E-state index in [1.165, 1.54) is 16.8 Å². The predicted molar refractivity (Wildman–Crippen MR) is 53.6 cm³/mol. The zero-order valence-corrected chi connectivity index (χ0v) is 8.70. The first-order valence-corrected chi connectivity index (χ1v) is 4.63. The molecule has 0 bridgehead atoms. The molecular formula is C9H11N3O4. The number of pyridine rings is 1. The second-order valence-electron chi connectivity index (χ2n) is 2.83. The number of carbonyl (C=O) groups excluding carboxylic acids is 1. The molecular weight excluding hydrogens is 214 g/mol. The topological polar surface area (TPSA) is 86.7 Å². The van der Waals surface area contributed by atoms with Crippen LogP contribution in [0.3, 0.4) is 0 Å². The van der Waals surface area contributed by atoms with Crippen LogP contribution in [0.1, 0.15) is 6.92 Å². The van der Waals surface area contributed by atoms with Gasteiger partial charge in [0.15, 0.2) is 5.03 Å². The third-order valence-electron chi connectivity index (χ3n) is 1.71. The molecule has 0 aromatic carbocycles. The van der Waals surface area contributed by atoms with Crippen molar-refractivity contribution < 1.29 is 14.6 Å². The highest BCUT2D eigenvalue weighted by Gasteiger charge is 2.04. The lowest BCUT2D eigenvalue weighted by Crippen LogP contribution is -2.26. The van der Waals surface area contributed by atoms with Gasteiger partial charge in [-0.3, -0.25) is 4.79 Å². The minimum atomic E-state index is -0.809. The molecule has 0 radical (unpaired) electrons. The molecule has 0 saturated carbocycles. The normalized spacial score (nSPS) is 11.2. The highest BCUT2D eigenvalue weighted by atomic mass is 16.7. The minimum Gasteiger partial charge on any atom is -0.465 e. The van der Waals surface area contributed by atoms with Crippen molar-refractivity contribution in [2.24, 2.45) is 5.10 Å². The zero-order valence-electron chi connectivity index (χ0n) is 8.70. The van der Waals surface area contributed by atoms with Gasteiger partial charge in [-0.15, -0.1) is 0 Å². The van der Waals surface area contributed by atoms with Gasteiger partial charge in [-0.1, -0.05) is 6.07 Å². The SMILES string of the molecule is CCOC(=O)Cn1ccccc1=N[N+](=O)[O-]. The summed E-state index contributed by atoms with van der Waals surface area (Å²) in [7, 11) is 0. The molecule has 1 rings (SSSR count). The molecule has 0 spiro atoms. The van der Waals surface area contributed by atoms with Crippen LogP contribution in [0.15, 0.2) is 29.5 Å². The van der Waals surface area contributed by atoms with Gasteiger partial charge < -0.3 is 9.30 Å². The molecule has 0 amide bonds. The van der Waals surface area contributed by atoms with E-state index in [2.05, 4.69) is 5.10 Å². The van der Waals surface area contributed by atoms with Crippen LogP contribution in [0, 0.1) is 10.1 Å². The van der Waals surface area contributed by atoms with E-state index in [-0.39, 0.29) is 18.6 Å². The van der Waals surface area contributed by atoms with Gasteiger partial charge in [-0.05, 0) is 19.1 Å². The Morgan fingerprint density at radius 1 is 1.62 bits per heavy atom. The van der Waals surface area contributed by atoms with Crippen molar-refractivity contribution in [2.75, 3.05) is 6.61 Å². The van der Waals surface area contributed by atoms with Crippen molar-refractivity contribution in [1.29, 1.82) is 0 Å². The molecule has 0 atom stereocenters. The summed E-state index contributed by atoms with van der Waals surface area (Å²) in [4.78, 5) is 21.4. The fourth-order valence-corrected chi connectivity index (χ4v) is 1.12. The molecule has 0 aliphatic carbocycles. The Kier molecular flexibility index (Phi) is 4.19. The summed E-state index contributed by atoms with van der Waals surface area (Å²) in [6.07, 6.45) is 1.53. The fraction of sp³-hybridized carbons (Fsp3) is 0.333. The Labute approximate surface area is 91.1 Å². The van der Waals surface area contributed by atoms with Gasteiger partial charge in [0.25, 0.3) is 0 Å². The van der Waals surface area contributed by atoms with Gasteiger partial charge >= 0.3 is 5.97 Å². The van der Waals surface area contributed by atoms with Crippen molar-refractivity contribution in [3.63, 3.8) is 0 Å². The number of nitrogens with zero attached hydrogens (tertiary/aromatic N) is 3. The monoisotopic (exact) mass is 225 g/mol. The number of hydrogen-bond acceptors (Lipinski definition) is 4. The summed E-state index contributed by atoms with van der Waals surface area (Å²) in [5, 5.41) is 12.6. The van der Waals surface area contributed by atoms with E-state index < -0.39 is 11.0 Å². The van der Waals surface area contributed by atoms with Gasteiger partial charge in [0.05, 0.1) is 11.7 Å². The first-order chi connectivity index (χ1) is 7.63. The van der Waals surface area contributed by atoms with E-state index in [1.807, 2.05) is 0 Å². The standard InChI is InChI=1S/C9H11N3O4/c1-2-16-9(13)7-11-6-4-3-5-8(11)10-12(14)15/h3-6H,2,7H2,1H3. The Balaban J connectivity index is 2.96. The van der Waals surface area contributed by atoms with Crippen LogP contribution in [0.25, 0.3) is 0 Å².